The van der Waals surface area contributed by atoms with E-state index >= 15 is 0 Å². The SMILES string of the molecule is COc1cc(-c2ncccc2C=O)cc(O)c1S. The first-order valence-corrected chi connectivity index (χ1v) is 5.62. The summed E-state index contributed by atoms with van der Waals surface area (Å²) in [5, 5.41) is 9.76. The molecule has 2 aromatic rings. The van der Waals surface area contributed by atoms with Gasteiger partial charge in [-0.15, -0.1) is 12.6 Å². The van der Waals surface area contributed by atoms with E-state index in [4.69, 9.17) is 4.74 Å². The zero-order valence-corrected chi connectivity index (χ0v) is 10.5. The summed E-state index contributed by atoms with van der Waals surface area (Å²) in [6.07, 6.45) is 2.31. The third kappa shape index (κ3) is 2.17. The van der Waals surface area contributed by atoms with Crippen molar-refractivity contribution in [1.82, 2.24) is 4.98 Å². The summed E-state index contributed by atoms with van der Waals surface area (Å²) >= 11 is 4.13. The maximum atomic E-state index is 11.0. The lowest BCUT2D eigenvalue weighted by Crippen LogP contribution is -1.93. The van der Waals surface area contributed by atoms with Gasteiger partial charge in [0.25, 0.3) is 0 Å². The average Bonchev–Trinajstić information content (AvgIpc) is 2.41. The fraction of sp³-hybridized carbons (Fsp3) is 0.0769. The van der Waals surface area contributed by atoms with Crippen molar-refractivity contribution >= 4 is 18.9 Å². The van der Waals surface area contributed by atoms with Gasteiger partial charge in [0, 0.05) is 17.3 Å². The number of benzene rings is 1. The molecule has 0 spiro atoms. The number of ether oxygens (including phenoxy) is 1. The molecule has 0 saturated heterocycles. The third-order valence-corrected chi connectivity index (χ3v) is 2.96. The molecular weight excluding hydrogens is 250 g/mol. The van der Waals surface area contributed by atoms with Crippen molar-refractivity contribution in [2.75, 3.05) is 7.11 Å². The summed E-state index contributed by atoms with van der Waals surface area (Å²) in [7, 11) is 1.48. The van der Waals surface area contributed by atoms with Crippen LogP contribution in [0.2, 0.25) is 0 Å². The number of aldehydes is 1. The van der Waals surface area contributed by atoms with Crippen LogP contribution < -0.4 is 4.74 Å². The number of nitrogens with zero attached hydrogens (tertiary/aromatic N) is 1. The normalized spacial score (nSPS) is 10.1. The molecule has 0 bridgehead atoms. The van der Waals surface area contributed by atoms with Crippen LogP contribution in [0.1, 0.15) is 10.4 Å². The minimum absolute atomic E-state index is 0.0183. The fourth-order valence-electron chi connectivity index (χ4n) is 1.64. The van der Waals surface area contributed by atoms with E-state index in [0.29, 0.717) is 27.5 Å². The Balaban J connectivity index is 2.64. The van der Waals surface area contributed by atoms with Crippen molar-refractivity contribution in [1.29, 1.82) is 0 Å². The number of pyridine rings is 1. The lowest BCUT2D eigenvalue weighted by atomic mass is 10.1. The predicted molar refractivity (Wildman–Crippen MR) is 70.5 cm³/mol. The molecule has 0 unspecified atom stereocenters. The first-order chi connectivity index (χ1) is 8.67. The summed E-state index contributed by atoms with van der Waals surface area (Å²) in [4.78, 5) is 15.5. The number of phenols is 1. The van der Waals surface area contributed by atoms with E-state index in [2.05, 4.69) is 17.6 Å². The Kier molecular flexibility index (Phi) is 3.53. The maximum Gasteiger partial charge on any atom is 0.152 e. The van der Waals surface area contributed by atoms with E-state index in [1.54, 1.807) is 24.4 Å². The zero-order valence-electron chi connectivity index (χ0n) is 9.62. The number of hydrogen-bond acceptors (Lipinski definition) is 5. The Bertz CT molecular complexity index is 599. The molecule has 0 radical (unpaired) electrons. The molecule has 18 heavy (non-hydrogen) atoms. The van der Waals surface area contributed by atoms with Gasteiger partial charge in [-0.3, -0.25) is 9.78 Å². The highest BCUT2D eigenvalue weighted by Gasteiger charge is 2.12. The van der Waals surface area contributed by atoms with E-state index in [9.17, 15) is 9.90 Å². The molecule has 0 aliphatic carbocycles. The Morgan fingerprint density at radius 3 is 2.89 bits per heavy atom. The average molecular weight is 261 g/mol. The molecule has 0 atom stereocenters. The molecule has 2 rings (SSSR count). The minimum atomic E-state index is -0.0183. The number of thiol groups is 1. The number of hydrogen-bond donors (Lipinski definition) is 2. The van der Waals surface area contributed by atoms with Crippen LogP contribution in [0.25, 0.3) is 11.3 Å². The van der Waals surface area contributed by atoms with Gasteiger partial charge in [-0.05, 0) is 24.3 Å². The van der Waals surface area contributed by atoms with Crippen molar-refractivity contribution in [3.63, 3.8) is 0 Å². The van der Waals surface area contributed by atoms with Crippen molar-refractivity contribution in [2.45, 2.75) is 4.90 Å². The molecule has 4 nitrogen and oxygen atoms in total. The summed E-state index contributed by atoms with van der Waals surface area (Å²) in [6, 6.07) is 6.52. The van der Waals surface area contributed by atoms with Crippen LogP contribution in [-0.4, -0.2) is 23.5 Å². The van der Waals surface area contributed by atoms with E-state index in [-0.39, 0.29) is 5.75 Å². The smallest absolute Gasteiger partial charge is 0.152 e. The molecule has 0 saturated carbocycles. The van der Waals surface area contributed by atoms with Crippen molar-refractivity contribution in [3.8, 4) is 22.8 Å². The van der Waals surface area contributed by atoms with Crippen LogP contribution in [0.15, 0.2) is 35.4 Å². The molecule has 0 aliphatic rings. The summed E-state index contributed by atoms with van der Waals surface area (Å²) in [5.74, 6) is 0.408. The molecule has 0 aliphatic heterocycles. The largest absolute Gasteiger partial charge is 0.507 e. The van der Waals surface area contributed by atoms with Gasteiger partial charge in [0.05, 0.1) is 17.7 Å². The number of carbonyl (C=O) groups excluding carboxylic acids is 1. The van der Waals surface area contributed by atoms with Crippen LogP contribution in [0, 0.1) is 0 Å². The number of carbonyl (C=O) groups is 1. The standard InChI is InChI=1S/C13H11NO3S/c1-17-11-6-9(5-10(16)13(11)18)12-8(7-15)3-2-4-14-12/h2-7,16,18H,1H3. The number of aromatic nitrogens is 1. The molecule has 0 fully saturated rings. The first kappa shape index (κ1) is 12.4. The second kappa shape index (κ2) is 5.10. The lowest BCUT2D eigenvalue weighted by Gasteiger charge is -2.10. The first-order valence-electron chi connectivity index (χ1n) is 5.18. The van der Waals surface area contributed by atoms with Gasteiger partial charge in [0.2, 0.25) is 0 Å². The molecular formula is C13H11NO3S. The van der Waals surface area contributed by atoms with Gasteiger partial charge >= 0.3 is 0 Å². The van der Waals surface area contributed by atoms with Crippen molar-refractivity contribution in [2.24, 2.45) is 0 Å². The number of aromatic hydroxyl groups is 1. The van der Waals surface area contributed by atoms with E-state index in [1.807, 2.05) is 0 Å². The fourth-order valence-corrected chi connectivity index (χ4v) is 1.86. The second-order valence-corrected chi connectivity index (χ2v) is 4.05. The third-order valence-electron chi connectivity index (χ3n) is 2.51. The highest BCUT2D eigenvalue weighted by molar-refractivity contribution is 7.80. The van der Waals surface area contributed by atoms with Gasteiger partial charge in [0.15, 0.2) is 6.29 Å². The van der Waals surface area contributed by atoms with Gasteiger partial charge in [-0.25, -0.2) is 0 Å². The Morgan fingerprint density at radius 2 is 2.22 bits per heavy atom. The molecule has 5 heteroatoms. The number of rotatable bonds is 3. The molecule has 1 aromatic carbocycles. The molecule has 0 amide bonds. The second-order valence-electron chi connectivity index (χ2n) is 3.61. The molecule has 1 N–H and O–H groups in total. The van der Waals surface area contributed by atoms with Gasteiger partial charge < -0.3 is 9.84 Å². The van der Waals surface area contributed by atoms with Crippen molar-refractivity contribution in [3.05, 3.63) is 36.0 Å². The number of phenolic OH excluding ortho intramolecular Hbond substituents is 1. The summed E-state index contributed by atoms with van der Waals surface area (Å²) in [6.45, 7) is 0. The molecule has 1 heterocycles. The zero-order chi connectivity index (χ0) is 13.1. The molecule has 92 valence electrons. The Morgan fingerprint density at radius 1 is 1.44 bits per heavy atom. The highest BCUT2D eigenvalue weighted by atomic mass is 32.1. The van der Waals surface area contributed by atoms with Gasteiger partial charge in [-0.2, -0.15) is 0 Å². The van der Waals surface area contributed by atoms with E-state index in [1.165, 1.54) is 13.2 Å². The monoisotopic (exact) mass is 261 g/mol. The van der Waals surface area contributed by atoms with Crippen LogP contribution in [0.3, 0.4) is 0 Å². The number of methoxy groups -OCH3 is 1. The Hall–Kier alpha value is -2.01. The van der Waals surface area contributed by atoms with Crippen LogP contribution >= 0.6 is 12.6 Å². The van der Waals surface area contributed by atoms with E-state index in [0.717, 1.165) is 6.29 Å². The maximum absolute atomic E-state index is 11.0. The Labute approximate surface area is 110 Å². The van der Waals surface area contributed by atoms with Gasteiger partial charge in [-0.1, -0.05) is 0 Å². The van der Waals surface area contributed by atoms with Crippen LogP contribution in [0.4, 0.5) is 0 Å². The lowest BCUT2D eigenvalue weighted by molar-refractivity contribution is 0.112. The van der Waals surface area contributed by atoms with Crippen LogP contribution in [-0.2, 0) is 0 Å². The minimum Gasteiger partial charge on any atom is -0.507 e. The van der Waals surface area contributed by atoms with Crippen molar-refractivity contribution < 1.29 is 14.6 Å². The van der Waals surface area contributed by atoms with Crippen LogP contribution in [0.5, 0.6) is 11.5 Å². The van der Waals surface area contributed by atoms with Gasteiger partial charge in [0.1, 0.15) is 11.5 Å². The summed E-state index contributed by atoms with van der Waals surface area (Å²) < 4.78 is 5.11. The highest BCUT2D eigenvalue weighted by Crippen LogP contribution is 2.36. The van der Waals surface area contributed by atoms with E-state index < -0.39 is 0 Å². The summed E-state index contributed by atoms with van der Waals surface area (Å²) in [5.41, 5.74) is 1.55. The topological polar surface area (TPSA) is 59.4 Å². The quantitative estimate of drug-likeness (QED) is 0.658. The predicted octanol–water partition coefficient (Wildman–Crippen LogP) is 2.56. The molecule has 1 aromatic heterocycles.